The molecule has 13 heavy (non-hydrogen) atoms. The van der Waals surface area contributed by atoms with Gasteiger partial charge in [-0.1, -0.05) is 0 Å². The molecule has 1 aromatic rings. The molecule has 0 aromatic carbocycles. The fourth-order valence-electron chi connectivity index (χ4n) is 1.20. The van der Waals surface area contributed by atoms with Gasteiger partial charge >= 0.3 is 0 Å². The monoisotopic (exact) mass is 202 g/mol. The molecular formula is C9H14O3S. The zero-order valence-corrected chi connectivity index (χ0v) is 8.80. The number of aliphatic hydroxyl groups is 1. The summed E-state index contributed by atoms with van der Waals surface area (Å²) in [6.45, 7) is 1.96. The molecule has 0 bridgehead atoms. The normalized spacial score (nSPS) is 13.6. The van der Waals surface area contributed by atoms with Crippen molar-refractivity contribution >= 4 is 11.3 Å². The Morgan fingerprint density at radius 2 is 2.00 bits per heavy atom. The molecule has 1 N–H and O–H groups in total. The van der Waals surface area contributed by atoms with E-state index in [9.17, 15) is 5.11 Å². The van der Waals surface area contributed by atoms with Gasteiger partial charge in [0.2, 0.25) is 0 Å². The first kappa shape index (κ1) is 10.7. The standard InChI is InChI=1S/C9H14O3S/c1-6-7(4-5-13-6)8(10)9(11-2)12-3/h4-5,8-10H,1-3H3. The Balaban J connectivity index is 2.77. The van der Waals surface area contributed by atoms with Crippen molar-refractivity contribution in [2.45, 2.75) is 19.3 Å². The lowest BCUT2D eigenvalue weighted by molar-refractivity contribution is -0.166. The minimum Gasteiger partial charge on any atom is -0.383 e. The van der Waals surface area contributed by atoms with E-state index in [0.717, 1.165) is 10.4 Å². The van der Waals surface area contributed by atoms with Crippen molar-refractivity contribution in [1.82, 2.24) is 0 Å². The van der Waals surface area contributed by atoms with Crippen molar-refractivity contribution in [1.29, 1.82) is 0 Å². The van der Waals surface area contributed by atoms with E-state index in [2.05, 4.69) is 0 Å². The average molecular weight is 202 g/mol. The van der Waals surface area contributed by atoms with Crippen LogP contribution in [0.4, 0.5) is 0 Å². The van der Waals surface area contributed by atoms with Gasteiger partial charge in [0.15, 0.2) is 6.29 Å². The number of aryl methyl sites for hydroxylation is 1. The summed E-state index contributed by atoms with van der Waals surface area (Å²) in [6.07, 6.45) is -1.30. The lowest BCUT2D eigenvalue weighted by Gasteiger charge is -2.19. The predicted molar refractivity (Wildman–Crippen MR) is 51.8 cm³/mol. The molecule has 0 aliphatic heterocycles. The molecule has 1 atom stereocenters. The lowest BCUT2D eigenvalue weighted by Crippen LogP contribution is -2.22. The summed E-state index contributed by atoms with van der Waals surface area (Å²) in [7, 11) is 3.03. The summed E-state index contributed by atoms with van der Waals surface area (Å²) in [5.74, 6) is 0. The molecule has 4 heteroatoms. The van der Waals surface area contributed by atoms with Crippen molar-refractivity contribution in [3.63, 3.8) is 0 Å². The van der Waals surface area contributed by atoms with Crippen molar-refractivity contribution in [2.24, 2.45) is 0 Å². The fraction of sp³-hybridized carbons (Fsp3) is 0.556. The maximum absolute atomic E-state index is 9.81. The Labute approximate surface area is 81.9 Å². The van der Waals surface area contributed by atoms with E-state index < -0.39 is 12.4 Å². The molecule has 3 nitrogen and oxygen atoms in total. The van der Waals surface area contributed by atoms with Crippen LogP contribution in [0.25, 0.3) is 0 Å². The van der Waals surface area contributed by atoms with Gasteiger partial charge in [0.1, 0.15) is 6.10 Å². The van der Waals surface area contributed by atoms with Crippen LogP contribution in [0.3, 0.4) is 0 Å². The number of hydrogen-bond donors (Lipinski definition) is 1. The molecule has 0 saturated carbocycles. The van der Waals surface area contributed by atoms with E-state index in [4.69, 9.17) is 9.47 Å². The van der Waals surface area contributed by atoms with Gasteiger partial charge in [-0.15, -0.1) is 11.3 Å². The van der Waals surface area contributed by atoms with E-state index in [0.29, 0.717) is 0 Å². The first-order chi connectivity index (χ1) is 6.20. The maximum Gasteiger partial charge on any atom is 0.187 e. The molecule has 1 aromatic heterocycles. The number of thiophene rings is 1. The van der Waals surface area contributed by atoms with Gasteiger partial charge in [0.05, 0.1) is 0 Å². The summed E-state index contributed by atoms with van der Waals surface area (Å²) in [5.41, 5.74) is 0.874. The van der Waals surface area contributed by atoms with Crippen LogP contribution in [0, 0.1) is 6.92 Å². The van der Waals surface area contributed by atoms with Gasteiger partial charge in [-0.05, 0) is 23.9 Å². The second kappa shape index (κ2) is 4.72. The van der Waals surface area contributed by atoms with Gasteiger partial charge in [-0.3, -0.25) is 0 Å². The zero-order chi connectivity index (χ0) is 9.84. The molecule has 0 amide bonds. The second-order valence-electron chi connectivity index (χ2n) is 2.72. The fourth-order valence-corrected chi connectivity index (χ4v) is 1.95. The summed E-state index contributed by atoms with van der Waals surface area (Å²) < 4.78 is 9.94. The number of methoxy groups -OCH3 is 2. The van der Waals surface area contributed by atoms with Gasteiger partial charge < -0.3 is 14.6 Å². The van der Waals surface area contributed by atoms with E-state index in [1.54, 1.807) is 11.3 Å². The van der Waals surface area contributed by atoms with Crippen molar-refractivity contribution in [3.8, 4) is 0 Å². The second-order valence-corrected chi connectivity index (χ2v) is 3.84. The largest absolute Gasteiger partial charge is 0.383 e. The van der Waals surface area contributed by atoms with E-state index >= 15 is 0 Å². The van der Waals surface area contributed by atoms with Crippen LogP contribution in [0.15, 0.2) is 11.4 Å². The number of aliphatic hydroxyl groups excluding tert-OH is 1. The summed E-state index contributed by atoms with van der Waals surface area (Å²) in [4.78, 5) is 1.09. The Kier molecular flexibility index (Phi) is 3.87. The summed E-state index contributed by atoms with van der Waals surface area (Å²) in [5, 5.41) is 11.7. The number of rotatable bonds is 4. The van der Waals surface area contributed by atoms with Gasteiger partial charge in [-0.25, -0.2) is 0 Å². The van der Waals surface area contributed by atoms with Crippen LogP contribution in [0.5, 0.6) is 0 Å². The molecular weight excluding hydrogens is 188 g/mol. The highest BCUT2D eigenvalue weighted by molar-refractivity contribution is 7.10. The zero-order valence-electron chi connectivity index (χ0n) is 7.98. The van der Waals surface area contributed by atoms with E-state index in [-0.39, 0.29) is 0 Å². The maximum atomic E-state index is 9.81. The van der Waals surface area contributed by atoms with Crippen LogP contribution in [-0.4, -0.2) is 25.6 Å². The molecule has 0 fully saturated rings. The Hall–Kier alpha value is -0.420. The minimum atomic E-state index is -0.707. The smallest absolute Gasteiger partial charge is 0.187 e. The lowest BCUT2D eigenvalue weighted by atomic mass is 10.1. The summed E-state index contributed by atoms with van der Waals surface area (Å²) >= 11 is 1.60. The van der Waals surface area contributed by atoms with Crippen LogP contribution in [-0.2, 0) is 9.47 Å². The molecule has 1 rings (SSSR count). The van der Waals surface area contributed by atoms with E-state index in [1.807, 2.05) is 18.4 Å². The Morgan fingerprint density at radius 3 is 2.38 bits per heavy atom. The van der Waals surface area contributed by atoms with Crippen LogP contribution < -0.4 is 0 Å². The molecule has 0 aliphatic carbocycles. The predicted octanol–water partition coefficient (Wildman–Crippen LogP) is 1.71. The quantitative estimate of drug-likeness (QED) is 0.755. The van der Waals surface area contributed by atoms with Crippen molar-refractivity contribution in [2.75, 3.05) is 14.2 Å². The van der Waals surface area contributed by atoms with Gasteiger partial charge in [0.25, 0.3) is 0 Å². The highest BCUT2D eigenvalue weighted by atomic mass is 32.1. The molecule has 0 radical (unpaired) electrons. The molecule has 0 aliphatic rings. The molecule has 1 heterocycles. The topological polar surface area (TPSA) is 38.7 Å². The highest BCUT2D eigenvalue weighted by Crippen LogP contribution is 2.26. The average Bonchev–Trinajstić information content (AvgIpc) is 2.53. The van der Waals surface area contributed by atoms with Crippen LogP contribution >= 0.6 is 11.3 Å². The Bertz CT molecular complexity index is 255. The number of ether oxygens (including phenoxy) is 2. The molecule has 1 unspecified atom stereocenters. The first-order valence-corrected chi connectivity index (χ1v) is 4.86. The summed E-state index contributed by atoms with van der Waals surface area (Å²) in [6, 6.07) is 1.88. The SMILES string of the molecule is COC(OC)C(O)c1ccsc1C. The third kappa shape index (κ3) is 2.28. The van der Waals surface area contributed by atoms with Crippen molar-refractivity contribution in [3.05, 3.63) is 21.9 Å². The molecule has 0 saturated heterocycles. The molecule has 0 spiro atoms. The third-order valence-corrected chi connectivity index (χ3v) is 2.80. The van der Waals surface area contributed by atoms with Crippen molar-refractivity contribution < 1.29 is 14.6 Å². The van der Waals surface area contributed by atoms with Gasteiger partial charge in [-0.2, -0.15) is 0 Å². The molecule has 74 valence electrons. The van der Waals surface area contributed by atoms with E-state index in [1.165, 1.54) is 14.2 Å². The highest BCUT2D eigenvalue weighted by Gasteiger charge is 2.21. The van der Waals surface area contributed by atoms with Crippen LogP contribution in [0.2, 0.25) is 0 Å². The number of hydrogen-bond acceptors (Lipinski definition) is 4. The Morgan fingerprint density at radius 1 is 1.38 bits per heavy atom. The van der Waals surface area contributed by atoms with Crippen LogP contribution in [0.1, 0.15) is 16.5 Å². The third-order valence-electron chi connectivity index (χ3n) is 1.94. The minimum absolute atomic E-state index is 0.590. The first-order valence-electron chi connectivity index (χ1n) is 3.98. The van der Waals surface area contributed by atoms with Gasteiger partial charge in [0, 0.05) is 19.1 Å².